The summed E-state index contributed by atoms with van der Waals surface area (Å²) < 4.78 is 13.0. The van der Waals surface area contributed by atoms with E-state index in [4.69, 9.17) is 0 Å². The number of amides is 4. The first-order valence-corrected chi connectivity index (χ1v) is 8.67. The molecule has 0 saturated carbocycles. The van der Waals surface area contributed by atoms with Gasteiger partial charge in [0.2, 0.25) is 11.8 Å². The van der Waals surface area contributed by atoms with Crippen molar-refractivity contribution in [1.29, 1.82) is 0 Å². The molecule has 1 aliphatic heterocycles. The lowest BCUT2D eigenvalue weighted by molar-refractivity contribution is -0.160. The number of allylic oxidation sites excluding steroid dienone is 5. The standard InChI is InChI=1S/C20H23FN2O4/c1-5-14(11-13(2)21)16(24)12-23-18(26)20(3,15-9-7-6-8-10-15)17(25)22(4)19(23)27/h5,7,9,11,15H,1-2,6,8,10,12H2,3-4H3/b14-11+. The molecule has 1 heterocycles. The SMILES string of the molecule is C=C/C(=C\C(=C)F)C(=O)CN1C(=O)N(C)C(=O)C(C)(C2C=CCCC2)C1=O. The Morgan fingerprint density at radius 3 is 2.56 bits per heavy atom. The molecule has 1 saturated heterocycles. The van der Waals surface area contributed by atoms with Crippen LogP contribution in [0.1, 0.15) is 26.2 Å². The molecule has 2 aliphatic rings. The van der Waals surface area contributed by atoms with Crippen LogP contribution in [0.25, 0.3) is 0 Å². The van der Waals surface area contributed by atoms with Gasteiger partial charge in [-0.3, -0.25) is 24.2 Å². The number of nitrogens with zero attached hydrogens (tertiary/aromatic N) is 2. The monoisotopic (exact) mass is 374 g/mol. The smallest absolute Gasteiger partial charge is 0.292 e. The van der Waals surface area contributed by atoms with Crippen LogP contribution < -0.4 is 0 Å². The number of halogens is 1. The van der Waals surface area contributed by atoms with Gasteiger partial charge in [-0.05, 0) is 38.2 Å². The Balaban J connectivity index is 2.38. The number of Topliss-reactive ketones (excluding diaryl/α,β-unsaturated/α-hetero) is 1. The summed E-state index contributed by atoms with van der Waals surface area (Å²) in [5.74, 6) is -3.19. The van der Waals surface area contributed by atoms with Crippen LogP contribution in [0.15, 0.2) is 48.9 Å². The normalized spacial score (nSPS) is 26.4. The first-order valence-electron chi connectivity index (χ1n) is 8.67. The quantitative estimate of drug-likeness (QED) is 0.310. The number of hydrogen-bond donors (Lipinski definition) is 0. The van der Waals surface area contributed by atoms with E-state index in [1.165, 1.54) is 14.0 Å². The maximum absolute atomic E-state index is 13.1. The molecule has 0 spiro atoms. The van der Waals surface area contributed by atoms with Gasteiger partial charge in [-0.15, -0.1) is 0 Å². The third-order valence-corrected chi connectivity index (χ3v) is 5.11. The van der Waals surface area contributed by atoms with Crippen LogP contribution in [-0.2, 0) is 14.4 Å². The van der Waals surface area contributed by atoms with E-state index in [1.807, 2.05) is 12.2 Å². The van der Waals surface area contributed by atoms with Crippen molar-refractivity contribution in [1.82, 2.24) is 9.80 Å². The van der Waals surface area contributed by atoms with Gasteiger partial charge in [0.25, 0.3) is 0 Å². The number of hydrogen-bond acceptors (Lipinski definition) is 4. The number of ketones is 1. The number of rotatable bonds is 6. The van der Waals surface area contributed by atoms with Gasteiger partial charge >= 0.3 is 6.03 Å². The number of imide groups is 2. The largest absolute Gasteiger partial charge is 0.333 e. The summed E-state index contributed by atoms with van der Waals surface area (Å²) in [5.41, 5.74) is -1.58. The number of carbonyl (C=O) groups excluding carboxylic acids is 4. The van der Waals surface area contributed by atoms with Crippen LogP contribution >= 0.6 is 0 Å². The highest BCUT2D eigenvalue weighted by atomic mass is 19.1. The van der Waals surface area contributed by atoms with E-state index in [-0.39, 0.29) is 11.5 Å². The fraction of sp³-hybridized carbons (Fsp3) is 0.400. The molecule has 2 rings (SSSR count). The summed E-state index contributed by atoms with van der Waals surface area (Å²) in [6, 6.07) is -0.877. The molecule has 1 aliphatic carbocycles. The van der Waals surface area contributed by atoms with E-state index >= 15 is 0 Å². The summed E-state index contributed by atoms with van der Waals surface area (Å²) in [7, 11) is 1.28. The topological polar surface area (TPSA) is 74.8 Å². The van der Waals surface area contributed by atoms with E-state index in [2.05, 4.69) is 13.2 Å². The molecular formula is C20H23FN2O4. The zero-order valence-electron chi connectivity index (χ0n) is 15.5. The highest BCUT2D eigenvalue weighted by Gasteiger charge is 2.56. The van der Waals surface area contributed by atoms with Crippen LogP contribution in [0.5, 0.6) is 0 Å². The van der Waals surface area contributed by atoms with E-state index in [0.717, 1.165) is 34.8 Å². The van der Waals surface area contributed by atoms with Crippen LogP contribution in [0, 0.1) is 11.3 Å². The van der Waals surface area contributed by atoms with Gasteiger partial charge in [-0.25, -0.2) is 9.18 Å². The van der Waals surface area contributed by atoms with Crippen molar-refractivity contribution in [3.63, 3.8) is 0 Å². The number of urea groups is 1. The van der Waals surface area contributed by atoms with E-state index in [9.17, 15) is 23.6 Å². The van der Waals surface area contributed by atoms with Gasteiger partial charge in [-0.2, -0.15) is 0 Å². The fourth-order valence-corrected chi connectivity index (χ4v) is 3.48. The predicted molar refractivity (Wildman–Crippen MR) is 98.0 cm³/mol. The van der Waals surface area contributed by atoms with Crippen molar-refractivity contribution in [2.45, 2.75) is 26.2 Å². The van der Waals surface area contributed by atoms with Crippen molar-refractivity contribution < 1.29 is 23.6 Å². The van der Waals surface area contributed by atoms with Crippen molar-refractivity contribution >= 4 is 23.6 Å². The lowest BCUT2D eigenvalue weighted by Crippen LogP contribution is -2.65. The summed E-state index contributed by atoms with van der Waals surface area (Å²) in [4.78, 5) is 52.4. The van der Waals surface area contributed by atoms with E-state index < -0.39 is 41.4 Å². The Bertz CT molecular complexity index is 783. The molecule has 0 N–H and O–H groups in total. The molecule has 2 atom stereocenters. The molecule has 1 fully saturated rings. The number of carbonyl (C=O) groups is 4. The van der Waals surface area contributed by atoms with Crippen LogP contribution in [0.4, 0.5) is 9.18 Å². The predicted octanol–water partition coefficient (Wildman–Crippen LogP) is 2.93. The van der Waals surface area contributed by atoms with E-state index in [0.29, 0.717) is 6.42 Å². The Morgan fingerprint density at radius 2 is 2.04 bits per heavy atom. The lowest BCUT2D eigenvalue weighted by atomic mass is 9.70. The summed E-state index contributed by atoms with van der Waals surface area (Å²) in [6.45, 7) is 7.39. The maximum Gasteiger partial charge on any atom is 0.333 e. The molecule has 2 unspecified atom stereocenters. The molecule has 7 heteroatoms. The van der Waals surface area contributed by atoms with Gasteiger partial charge in [0, 0.05) is 12.6 Å². The molecule has 27 heavy (non-hydrogen) atoms. The van der Waals surface area contributed by atoms with Crippen molar-refractivity contribution in [2.75, 3.05) is 13.6 Å². The Hall–Kier alpha value is -2.83. The van der Waals surface area contributed by atoms with Gasteiger partial charge < -0.3 is 0 Å². The lowest BCUT2D eigenvalue weighted by Gasteiger charge is -2.44. The van der Waals surface area contributed by atoms with Gasteiger partial charge in [0.05, 0.1) is 6.54 Å². The highest BCUT2D eigenvalue weighted by Crippen LogP contribution is 2.41. The molecule has 0 bridgehead atoms. The van der Waals surface area contributed by atoms with Crippen molar-refractivity contribution in [3.8, 4) is 0 Å². The molecule has 0 aromatic carbocycles. The minimum absolute atomic E-state index is 0.109. The van der Waals surface area contributed by atoms with E-state index in [1.54, 1.807) is 0 Å². The van der Waals surface area contributed by atoms with Gasteiger partial charge in [0.15, 0.2) is 5.78 Å². The molecule has 0 aromatic rings. The molecule has 144 valence electrons. The molecule has 4 amide bonds. The highest BCUT2D eigenvalue weighted by molar-refractivity contribution is 6.20. The third kappa shape index (κ3) is 3.67. The summed E-state index contributed by atoms with van der Waals surface area (Å²) >= 11 is 0. The van der Waals surface area contributed by atoms with Crippen molar-refractivity contribution in [3.05, 3.63) is 48.9 Å². The Labute approximate surface area is 157 Å². The average molecular weight is 374 g/mol. The average Bonchev–Trinajstić information content (AvgIpc) is 2.66. The van der Waals surface area contributed by atoms with Crippen LogP contribution in [-0.4, -0.2) is 47.0 Å². The molecule has 0 radical (unpaired) electrons. The molecular weight excluding hydrogens is 351 g/mol. The number of barbiturate groups is 1. The Morgan fingerprint density at radius 1 is 1.37 bits per heavy atom. The maximum atomic E-state index is 13.1. The minimum Gasteiger partial charge on any atom is -0.292 e. The second kappa shape index (κ2) is 7.82. The second-order valence-corrected chi connectivity index (χ2v) is 6.88. The first kappa shape index (κ1) is 20.5. The fourth-order valence-electron chi connectivity index (χ4n) is 3.48. The van der Waals surface area contributed by atoms with Gasteiger partial charge in [-0.1, -0.05) is 31.4 Å². The summed E-state index contributed by atoms with van der Waals surface area (Å²) in [6.07, 6.45) is 8.08. The zero-order chi connectivity index (χ0) is 20.4. The van der Waals surface area contributed by atoms with Crippen LogP contribution in [0.2, 0.25) is 0 Å². The van der Waals surface area contributed by atoms with Crippen molar-refractivity contribution in [2.24, 2.45) is 11.3 Å². The third-order valence-electron chi connectivity index (χ3n) is 5.11. The Kier molecular flexibility index (Phi) is 5.93. The summed E-state index contributed by atoms with van der Waals surface area (Å²) in [5, 5.41) is 0. The first-order chi connectivity index (χ1) is 12.6. The van der Waals surface area contributed by atoms with Crippen LogP contribution in [0.3, 0.4) is 0 Å². The molecule has 0 aromatic heterocycles. The minimum atomic E-state index is -1.47. The molecule has 6 nitrogen and oxygen atoms in total. The zero-order valence-corrected chi connectivity index (χ0v) is 15.5. The van der Waals surface area contributed by atoms with Gasteiger partial charge in [0.1, 0.15) is 11.2 Å². The second-order valence-electron chi connectivity index (χ2n) is 6.88.